The Morgan fingerprint density at radius 3 is 1.76 bits per heavy atom. The molecule has 0 aromatic heterocycles. The first kappa shape index (κ1) is 17.9. The third-order valence-electron chi connectivity index (χ3n) is 4.11. The lowest BCUT2D eigenvalue weighted by Gasteiger charge is -2.29. The predicted molar refractivity (Wildman–Crippen MR) is 104 cm³/mol. The summed E-state index contributed by atoms with van der Waals surface area (Å²) >= 11 is 5.90. The highest BCUT2D eigenvalue weighted by Gasteiger charge is 2.33. The van der Waals surface area contributed by atoms with Crippen LogP contribution in [0.15, 0.2) is 84.9 Å². The van der Waals surface area contributed by atoms with Crippen LogP contribution in [0.5, 0.6) is 0 Å². The Labute approximate surface area is 155 Å². The van der Waals surface area contributed by atoms with Gasteiger partial charge < -0.3 is 5.11 Å². The molecule has 0 unspecified atom stereocenters. The number of aliphatic hydroxyl groups is 1. The van der Waals surface area contributed by atoms with Gasteiger partial charge in [-0.15, -0.1) is 0 Å². The van der Waals surface area contributed by atoms with Crippen molar-refractivity contribution in [2.45, 2.75) is 11.4 Å². The van der Waals surface area contributed by atoms with Crippen LogP contribution in [-0.2, 0) is 22.2 Å². The fraction of sp³-hybridized carbons (Fsp3) is 0.143. The second-order valence-electron chi connectivity index (χ2n) is 5.95. The molecule has 3 aromatic rings. The summed E-state index contributed by atoms with van der Waals surface area (Å²) < 4.78 is 12.8. The van der Waals surface area contributed by atoms with E-state index in [1.165, 1.54) is 0 Å². The molecule has 1 atom stereocenters. The van der Waals surface area contributed by atoms with Gasteiger partial charge in [-0.25, -0.2) is 0 Å². The maximum absolute atomic E-state index is 12.8. The lowest BCUT2D eigenvalue weighted by molar-refractivity contribution is 0.106. The molecule has 3 rings (SSSR count). The van der Waals surface area contributed by atoms with Crippen molar-refractivity contribution in [3.05, 3.63) is 107 Å². The van der Waals surface area contributed by atoms with E-state index in [4.69, 9.17) is 11.6 Å². The molecule has 0 heterocycles. The highest BCUT2D eigenvalue weighted by atomic mass is 35.5. The van der Waals surface area contributed by atoms with Crippen LogP contribution >= 0.6 is 11.6 Å². The van der Waals surface area contributed by atoms with Gasteiger partial charge in [0.25, 0.3) is 0 Å². The van der Waals surface area contributed by atoms with Crippen molar-refractivity contribution in [1.29, 1.82) is 0 Å². The summed E-state index contributed by atoms with van der Waals surface area (Å²) in [6.07, 6.45) is 0. The average molecular weight is 371 g/mol. The normalized spacial score (nSPS) is 12.7. The van der Waals surface area contributed by atoms with Gasteiger partial charge in [0.1, 0.15) is 5.60 Å². The molecule has 25 heavy (non-hydrogen) atoms. The summed E-state index contributed by atoms with van der Waals surface area (Å²) in [4.78, 5) is 0. The van der Waals surface area contributed by atoms with Crippen LogP contribution in [0.1, 0.15) is 16.7 Å². The molecule has 128 valence electrons. The van der Waals surface area contributed by atoms with Crippen molar-refractivity contribution >= 4 is 22.4 Å². The van der Waals surface area contributed by atoms with Gasteiger partial charge in [0.2, 0.25) is 0 Å². The third kappa shape index (κ3) is 4.37. The minimum Gasteiger partial charge on any atom is -0.379 e. The average Bonchev–Trinajstić information content (AvgIpc) is 2.65. The monoisotopic (exact) mass is 370 g/mol. The van der Waals surface area contributed by atoms with Gasteiger partial charge >= 0.3 is 0 Å². The number of halogens is 1. The molecule has 3 aromatic carbocycles. The maximum Gasteiger partial charge on any atom is 0.126 e. The van der Waals surface area contributed by atoms with Crippen LogP contribution in [0.3, 0.4) is 0 Å². The van der Waals surface area contributed by atoms with Gasteiger partial charge in [0, 0.05) is 21.6 Å². The zero-order valence-corrected chi connectivity index (χ0v) is 15.2. The largest absolute Gasteiger partial charge is 0.379 e. The van der Waals surface area contributed by atoms with Crippen molar-refractivity contribution in [2.24, 2.45) is 0 Å². The second kappa shape index (κ2) is 7.96. The Balaban J connectivity index is 1.88. The molecule has 0 amide bonds. The molecular weight excluding hydrogens is 352 g/mol. The van der Waals surface area contributed by atoms with E-state index in [-0.39, 0.29) is 5.75 Å². The SMILES string of the molecule is O=[S@@](Cc1ccc(Cl)cc1)CC(O)(c1ccccc1)c1ccccc1. The Morgan fingerprint density at radius 2 is 1.28 bits per heavy atom. The molecule has 0 saturated carbocycles. The summed E-state index contributed by atoms with van der Waals surface area (Å²) in [5.74, 6) is 0.503. The first-order valence-electron chi connectivity index (χ1n) is 8.01. The van der Waals surface area contributed by atoms with E-state index in [2.05, 4.69) is 0 Å². The summed E-state index contributed by atoms with van der Waals surface area (Å²) in [6, 6.07) is 26.1. The van der Waals surface area contributed by atoms with Crippen LogP contribution in [0.4, 0.5) is 0 Å². The topological polar surface area (TPSA) is 37.3 Å². The van der Waals surface area contributed by atoms with Gasteiger partial charge in [-0.3, -0.25) is 4.21 Å². The zero-order chi connectivity index (χ0) is 17.7. The number of hydrogen-bond donors (Lipinski definition) is 1. The molecule has 1 N–H and O–H groups in total. The second-order valence-corrected chi connectivity index (χ2v) is 7.84. The van der Waals surface area contributed by atoms with Crippen LogP contribution in [-0.4, -0.2) is 15.1 Å². The highest BCUT2D eigenvalue weighted by molar-refractivity contribution is 7.84. The summed E-state index contributed by atoms with van der Waals surface area (Å²) in [5, 5.41) is 12.1. The van der Waals surface area contributed by atoms with E-state index < -0.39 is 16.4 Å². The summed E-state index contributed by atoms with van der Waals surface area (Å²) in [5.41, 5.74) is 1.13. The van der Waals surface area contributed by atoms with Gasteiger partial charge in [-0.05, 0) is 28.8 Å². The molecule has 0 spiro atoms. The number of hydrogen-bond acceptors (Lipinski definition) is 2. The van der Waals surface area contributed by atoms with Crippen molar-refractivity contribution < 1.29 is 9.32 Å². The lowest BCUT2D eigenvalue weighted by Crippen LogP contribution is -2.34. The van der Waals surface area contributed by atoms with Crippen LogP contribution < -0.4 is 0 Å². The smallest absolute Gasteiger partial charge is 0.126 e. The molecular formula is C21H19ClO2S. The highest BCUT2D eigenvalue weighted by Crippen LogP contribution is 2.31. The molecule has 0 saturated heterocycles. The van der Waals surface area contributed by atoms with Gasteiger partial charge in [-0.2, -0.15) is 0 Å². The standard InChI is InChI=1S/C21H19ClO2S/c22-20-13-11-17(12-14-20)15-25(24)16-21(23,18-7-3-1-4-8-18)19-9-5-2-6-10-19/h1-14,23H,15-16H2/t25-/m0/s1. The van der Waals surface area contributed by atoms with Gasteiger partial charge in [0.15, 0.2) is 0 Å². The number of rotatable bonds is 6. The van der Waals surface area contributed by atoms with E-state index >= 15 is 0 Å². The minimum atomic E-state index is -1.29. The fourth-order valence-electron chi connectivity index (χ4n) is 2.81. The zero-order valence-electron chi connectivity index (χ0n) is 13.6. The minimum absolute atomic E-state index is 0.129. The van der Waals surface area contributed by atoms with Gasteiger partial charge in [0.05, 0.1) is 5.75 Å². The summed E-state index contributed by atoms with van der Waals surface area (Å²) in [6.45, 7) is 0. The predicted octanol–water partition coefficient (Wildman–Crippen LogP) is 4.52. The Morgan fingerprint density at radius 1 is 0.800 bits per heavy atom. The fourth-order valence-corrected chi connectivity index (χ4v) is 4.40. The molecule has 0 radical (unpaired) electrons. The molecule has 0 fully saturated rings. The van der Waals surface area contributed by atoms with E-state index in [0.717, 1.165) is 16.7 Å². The van der Waals surface area contributed by atoms with Crippen molar-refractivity contribution in [2.75, 3.05) is 5.75 Å². The Kier molecular flexibility index (Phi) is 5.69. The van der Waals surface area contributed by atoms with Crippen LogP contribution in [0, 0.1) is 0 Å². The molecule has 2 nitrogen and oxygen atoms in total. The van der Waals surface area contributed by atoms with Crippen LogP contribution in [0.2, 0.25) is 5.02 Å². The molecule has 0 bridgehead atoms. The molecule has 0 aliphatic carbocycles. The van der Waals surface area contributed by atoms with E-state index in [9.17, 15) is 9.32 Å². The third-order valence-corrected chi connectivity index (χ3v) is 5.76. The van der Waals surface area contributed by atoms with Gasteiger partial charge in [-0.1, -0.05) is 84.4 Å². The Hall–Kier alpha value is -1.94. The summed E-state index contributed by atoms with van der Waals surface area (Å²) in [7, 11) is -1.24. The lowest BCUT2D eigenvalue weighted by atomic mass is 9.88. The number of benzene rings is 3. The maximum atomic E-state index is 12.8. The van der Waals surface area contributed by atoms with E-state index in [1.54, 1.807) is 12.1 Å². The van der Waals surface area contributed by atoms with Crippen molar-refractivity contribution in [3.8, 4) is 0 Å². The van der Waals surface area contributed by atoms with Crippen LogP contribution in [0.25, 0.3) is 0 Å². The Bertz CT molecular complexity index is 793. The molecule has 4 heteroatoms. The first-order valence-corrected chi connectivity index (χ1v) is 9.87. The van der Waals surface area contributed by atoms with E-state index in [0.29, 0.717) is 10.8 Å². The molecule has 0 aliphatic rings. The molecule has 0 aliphatic heterocycles. The van der Waals surface area contributed by atoms with E-state index in [1.807, 2.05) is 72.8 Å². The van der Waals surface area contributed by atoms with Crippen molar-refractivity contribution in [1.82, 2.24) is 0 Å². The first-order chi connectivity index (χ1) is 12.1. The van der Waals surface area contributed by atoms with Crippen molar-refractivity contribution in [3.63, 3.8) is 0 Å². The quantitative estimate of drug-likeness (QED) is 0.692.